The van der Waals surface area contributed by atoms with Crippen LogP contribution in [0.5, 0.6) is 5.75 Å². The van der Waals surface area contributed by atoms with Gasteiger partial charge in [0, 0.05) is 4.47 Å². The van der Waals surface area contributed by atoms with E-state index in [0.29, 0.717) is 12.8 Å². The summed E-state index contributed by atoms with van der Waals surface area (Å²) in [5.74, 6) is 0.968. The summed E-state index contributed by atoms with van der Waals surface area (Å²) in [7, 11) is 1.70. The van der Waals surface area contributed by atoms with Gasteiger partial charge in [0.2, 0.25) is 6.41 Å². The Morgan fingerprint density at radius 1 is 1.27 bits per heavy atom. The number of amides is 2. The Hall–Kier alpha value is -2.34. The van der Waals surface area contributed by atoms with Crippen LogP contribution in [0.2, 0.25) is 0 Å². The first-order chi connectivity index (χ1) is 12.6. The summed E-state index contributed by atoms with van der Waals surface area (Å²) in [6.07, 6.45) is 1.63. The van der Waals surface area contributed by atoms with Gasteiger partial charge in [-0.15, -0.1) is 0 Å². The zero-order valence-electron chi connectivity index (χ0n) is 14.9. The molecule has 1 aliphatic rings. The van der Waals surface area contributed by atoms with Crippen molar-refractivity contribution in [2.45, 2.75) is 25.8 Å². The molecule has 2 amide bonds. The number of benzene rings is 2. The fraction of sp³-hybridized carbons (Fsp3) is 0.300. The van der Waals surface area contributed by atoms with Crippen molar-refractivity contribution in [3.8, 4) is 5.75 Å². The normalized spacial score (nSPS) is 15.7. The van der Waals surface area contributed by atoms with E-state index in [4.69, 9.17) is 9.47 Å². The van der Waals surface area contributed by atoms with E-state index >= 15 is 0 Å². The van der Waals surface area contributed by atoms with Crippen molar-refractivity contribution in [3.63, 3.8) is 0 Å². The number of imide groups is 1. The number of hydrogen-bond acceptors (Lipinski definition) is 4. The van der Waals surface area contributed by atoms with Crippen LogP contribution in [0.1, 0.15) is 18.1 Å². The van der Waals surface area contributed by atoms with Crippen LogP contribution < -0.4 is 4.74 Å². The number of ether oxygens (including phenoxy) is 2. The van der Waals surface area contributed by atoms with E-state index in [1.165, 1.54) is 5.56 Å². The van der Waals surface area contributed by atoms with Gasteiger partial charge in [-0.1, -0.05) is 53.2 Å². The molecular weight excluding hydrogens is 398 g/mol. The summed E-state index contributed by atoms with van der Waals surface area (Å²) in [5.41, 5.74) is 2.33. The lowest BCUT2D eigenvalue weighted by molar-refractivity contribution is -0.116. The Morgan fingerprint density at radius 2 is 2.00 bits per heavy atom. The average molecular weight is 420 g/mol. The number of methoxy groups -OCH3 is 1. The van der Waals surface area contributed by atoms with Crippen molar-refractivity contribution in [1.29, 1.82) is 0 Å². The molecule has 0 bridgehead atoms. The van der Waals surface area contributed by atoms with E-state index in [2.05, 4.69) is 28.9 Å². The molecule has 6 heteroatoms. The van der Waals surface area contributed by atoms with E-state index in [0.717, 1.165) is 27.1 Å². The fourth-order valence-corrected chi connectivity index (χ4v) is 3.08. The minimum Gasteiger partial charge on any atom is -0.496 e. The van der Waals surface area contributed by atoms with E-state index in [1.54, 1.807) is 7.11 Å². The number of carbonyl (C=O) groups excluding carboxylic acids is 2. The quantitative estimate of drug-likeness (QED) is 0.680. The second-order valence-electron chi connectivity index (χ2n) is 5.74. The van der Waals surface area contributed by atoms with Gasteiger partial charge in [-0.3, -0.25) is 4.79 Å². The van der Waals surface area contributed by atoms with Gasteiger partial charge < -0.3 is 9.47 Å². The highest BCUT2D eigenvalue weighted by Crippen LogP contribution is 2.22. The maximum absolute atomic E-state index is 11.1. The zero-order valence-corrected chi connectivity index (χ0v) is 16.4. The Bertz CT molecular complexity index is 736. The molecule has 138 valence electrons. The van der Waals surface area contributed by atoms with Gasteiger partial charge in [-0.05, 0) is 42.2 Å². The first-order valence-electron chi connectivity index (χ1n) is 8.35. The van der Waals surface area contributed by atoms with Crippen LogP contribution in [0.25, 0.3) is 0 Å². The predicted octanol–water partition coefficient (Wildman–Crippen LogP) is 4.23. The average Bonchev–Trinajstić information content (AvgIpc) is 3.02. The Morgan fingerprint density at radius 3 is 2.62 bits per heavy atom. The Labute approximate surface area is 162 Å². The van der Waals surface area contributed by atoms with Crippen LogP contribution in [0.15, 0.2) is 53.0 Å². The molecular formula is C20H22BrNO4. The minimum atomic E-state index is -0.550. The summed E-state index contributed by atoms with van der Waals surface area (Å²) >= 11 is 3.41. The van der Waals surface area contributed by atoms with Crippen LogP contribution in [-0.2, 0) is 22.4 Å². The second kappa shape index (κ2) is 9.97. The van der Waals surface area contributed by atoms with E-state index in [1.807, 2.05) is 42.5 Å². The molecule has 2 aromatic rings. The molecule has 3 rings (SSSR count). The van der Waals surface area contributed by atoms with Crippen LogP contribution in [0.3, 0.4) is 0 Å². The number of halogens is 1. The SMILES string of the molecule is CCc1cc(Br)ccc1OC.O=CN1C(=O)OCC1Cc1ccccc1. The lowest BCUT2D eigenvalue weighted by Gasteiger charge is -2.13. The first-order valence-corrected chi connectivity index (χ1v) is 9.15. The van der Waals surface area contributed by atoms with Crippen molar-refractivity contribution in [1.82, 2.24) is 4.90 Å². The topological polar surface area (TPSA) is 55.8 Å². The number of nitrogens with zero attached hydrogens (tertiary/aromatic N) is 1. The molecule has 1 aliphatic heterocycles. The molecule has 1 heterocycles. The summed E-state index contributed by atoms with van der Waals surface area (Å²) in [5, 5.41) is 0. The van der Waals surface area contributed by atoms with Crippen molar-refractivity contribution >= 4 is 28.4 Å². The number of rotatable bonds is 5. The molecule has 5 nitrogen and oxygen atoms in total. The molecule has 0 saturated carbocycles. The van der Waals surface area contributed by atoms with Crippen molar-refractivity contribution < 1.29 is 19.1 Å². The molecule has 0 N–H and O–H groups in total. The highest BCUT2D eigenvalue weighted by molar-refractivity contribution is 9.10. The number of carbonyl (C=O) groups is 2. The molecule has 0 radical (unpaired) electrons. The molecule has 1 atom stereocenters. The molecule has 1 saturated heterocycles. The van der Waals surface area contributed by atoms with Gasteiger partial charge in [0.15, 0.2) is 0 Å². The van der Waals surface area contributed by atoms with Crippen molar-refractivity contribution in [2.75, 3.05) is 13.7 Å². The third kappa shape index (κ3) is 5.33. The van der Waals surface area contributed by atoms with Gasteiger partial charge in [0.1, 0.15) is 12.4 Å². The van der Waals surface area contributed by atoms with Crippen LogP contribution in [-0.4, -0.2) is 37.2 Å². The van der Waals surface area contributed by atoms with Gasteiger partial charge in [-0.25, -0.2) is 9.69 Å². The maximum Gasteiger partial charge on any atom is 0.416 e. The molecule has 1 unspecified atom stereocenters. The molecule has 1 fully saturated rings. The zero-order chi connectivity index (χ0) is 18.9. The predicted molar refractivity (Wildman–Crippen MR) is 103 cm³/mol. The Balaban J connectivity index is 0.000000197. The third-order valence-corrected chi connectivity index (χ3v) is 4.55. The summed E-state index contributed by atoms with van der Waals surface area (Å²) in [6.45, 7) is 2.40. The summed E-state index contributed by atoms with van der Waals surface area (Å²) in [6, 6.07) is 15.6. The maximum atomic E-state index is 11.1. The molecule has 0 spiro atoms. The molecule has 2 aromatic carbocycles. The van der Waals surface area contributed by atoms with Gasteiger partial charge >= 0.3 is 6.09 Å². The monoisotopic (exact) mass is 419 g/mol. The fourth-order valence-electron chi connectivity index (χ4n) is 2.67. The largest absolute Gasteiger partial charge is 0.496 e. The van der Waals surface area contributed by atoms with Gasteiger partial charge in [-0.2, -0.15) is 0 Å². The van der Waals surface area contributed by atoms with E-state index < -0.39 is 6.09 Å². The number of hydrogen-bond donors (Lipinski definition) is 0. The summed E-state index contributed by atoms with van der Waals surface area (Å²) in [4.78, 5) is 22.8. The lowest BCUT2D eigenvalue weighted by atomic mass is 10.1. The highest BCUT2D eigenvalue weighted by atomic mass is 79.9. The smallest absolute Gasteiger partial charge is 0.416 e. The first kappa shape index (κ1) is 20.0. The van der Waals surface area contributed by atoms with Crippen molar-refractivity contribution in [3.05, 3.63) is 64.1 Å². The van der Waals surface area contributed by atoms with Crippen LogP contribution in [0.4, 0.5) is 4.79 Å². The minimum absolute atomic E-state index is 0.169. The number of cyclic esters (lactones) is 1. The molecule has 0 aromatic heterocycles. The third-order valence-electron chi connectivity index (χ3n) is 4.05. The van der Waals surface area contributed by atoms with Gasteiger partial charge in [0.05, 0.1) is 13.2 Å². The van der Waals surface area contributed by atoms with E-state index in [-0.39, 0.29) is 12.6 Å². The molecule has 26 heavy (non-hydrogen) atoms. The Kier molecular flexibility index (Phi) is 7.66. The van der Waals surface area contributed by atoms with Crippen LogP contribution >= 0.6 is 15.9 Å². The second-order valence-corrected chi connectivity index (χ2v) is 6.66. The highest BCUT2D eigenvalue weighted by Gasteiger charge is 2.32. The standard InChI is InChI=1S/C11H11NO3.C9H11BrO/c13-8-12-10(7-15-11(12)14)6-9-4-2-1-3-5-9;1-3-7-6-8(10)4-5-9(7)11-2/h1-5,8,10H,6-7H2;4-6H,3H2,1-2H3. The van der Waals surface area contributed by atoms with Crippen molar-refractivity contribution in [2.24, 2.45) is 0 Å². The van der Waals surface area contributed by atoms with Crippen LogP contribution in [0, 0.1) is 0 Å². The summed E-state index contributed by atoms with van der Waals surface area (Å²) < 4.78 is 11.1. The van der Waals surface area contributed by atoms with Gasteiger partial charge in [0.25, 0.3) is 0 Å². The lowest BCUT2D eigenvalue weighted by Crippen LogP contribution is -2.33. The van der Waals surface area contributed by atoms with E-state index in [9.17, 15) is 9.59 Å². The number of aryl methyl sites for hydroxylation is 1. The molecule has 0 aliphatic carbocycles.